The van der Waals surface area contributed by atoms with E-state index < -0.39 is 0 Å². The van der Waals surface area contributed by atoms with E-state index in [2.05, 4.69) is 51.3 Å². The lowest BCUT2D eigenvalue weighted by atomic mass is 9.96. The minimum atomic E-state index is 0.421. The van der Waals surface area contributed by atoms with Gasteiger partial charge in [0.1, 0.15) is 12.4 Å². The van der Waals surface area contributed by atoms with Crippen LogP contribution >= 0.6 is 11.6 Å². The highest BCUT2D eigenvalue weighted by Crippen LogP contribution is 2.38. The molecule has 5 heterocycles. The zero-order valence-corrected chi connectivity index (χ0v) is 24.1. The fourth-order valence-corrected chi connectivity index (χ4v) is 7.75. The van der Waals surface area contributed by atoms with Gasteiger partial charge >= 0.3 is 6.01 Å². The number of halogens is 1. The lowest BCUT2D eigenvalue weighted by Gasteiger charge is -2.38. The van der Waals surface area contributed by atoms with Gasteiger partial charge in [-0.2, -0.15) is 9.97 Å². The quantitative estimate of drug-likeness (QED) is 0.450. The van der Waals surface area contributed by atoms with Gasteiger partial charge in [0, 0.05) is 54.4 Å². The second-order valence-corrected chi connectivity index (χ2v) is 12.5. The van der Waals surface area contributed by atoms with Crippen LogP contribution in [0.4, 0.5) is 11.5 Å². The first-order valence-electron chi connectivity index (χ1n) is 14.9. The molecule has 0 saturated carbocycles. The molecular weight excluding hydrogens is 522 g/mol. The van der Waals surface area contributed by atoms with Gasteiger partial charge in [0.2, 0.25) is 0 Å². The number of likely N-dealkylation sites (tertiary alicyclic amines) is 1. The van der Waals surface area contributed by atoms with Crippen molar-refractivity contribution in [1.29, 1.82) is 0 Å². The number of nitrogens with one attached hydrogen (secondary N) is 1. The maximum atomic E-state index is 6.72. The zero-order chi connectivity index (χ0) is 27.2. The van der Waals surface area contributed by atoms with E-state index in [9.17, 15) is 0 Å². The number of ether oxygens (including phenoxy) is 1. The number of nitrogens with two attached hydrogens (primary N) is 1. The van der Waals surface area contributed by atoms with E-state index in [-0.39, 0.29) is 0 Å². The lowest BCUT2D eigenvalue weighted by molar-refractivity contribution is 0.187. The standard InChI is InChI=1S/C31H40ClN7O/c1-37-13-4-7-23(37)19-40-31-35-27-18-38(28-9-3-6-20-5-2-8-25(32)29(20)28)14-11-24(27)30(36-31)39-16-22-15-21(10-12-33)26(17-39)34-22/h2-3,5-6,8-9,21-23,26,34H,4,7,10-19,33H2,1H3/t21-,22-,23+,26-/m1/s1. The first-order valence-corrected chi connectivity index (χ1v) is 15.3. The Labute approximate surface area is 241 Å². The molecule has 3 N–H and O–H groups in total. The van der Waals surface area contributed by atoms with Gasteiger partial charge in [-0.1, -0.05) is 35.9 Å². The van der Waals surface area contributed by atoms with Gasteiger partial charge in [-0.3, -0.25) is 0 Å². The fourth-order valence-electron chi connectivity index (χ4n) is 7.47. The first-order chi connectivity index (χ1) is 19.6. The molecule has 3 fully saturated rings. The highest BCUT2D eigenvalue weighted by atomic mass is 35.5. The third kappa shape index (κ3) is 4.89. The molecule has 1 aromatic heterocycles. The van der Waals surface area contributed by atoms with Crippen LogP contribution < -0.4 is 25.6 Å². The molecule has 4 aliphatic heterocycles. The van der Waals surface area contributed by atoms with Crippen molar-refractivity contribution in [2.45, 2.75) is 56.8 Å². The Morgan fingerprint density at radius 2 is 1.98 bits per heavy atom. The molecule has 2 bridgehead atoms. The molecule has 0 radical (unpaired) electrons. The van der Waals surface area contributed by atoms with E-state index in [1.165, 1.54) is 18.4 Å². The van der Waals surface area contributed by atoms with Crippen LogP contribution in [-0.4, -0.2) is 79.4 Å². The molecule has 3 aromatic rings. The summed E-state index contributed by atoms with van der Waals surface area (Å²) in [5.74, 6) is 1.71. The van der Waals surface area contributed by atoms with Crippen LogP contribution in [0.1, 0.15) is 36.9 Å². The molecule has 2 aromatic carbocycles. The predicted molar refractivity (Wildman–Crippen MR) is 162 cm³/mol. The topological polar surface area (TPSA) is 82.8 Å². The number of piperazine rings is 1. The Morgan fingerprint density at radius 1 is 1.10 bits per heavy atom. The summed E-state index contributed by atoms with van der Waals surface area (Å²) in [4.78, 5) is 17.5. The van der Waals surface area contributed by atoms with Gasteiger partial charge in [-0.25, -0.2) is 0 Å². The van der Waals surface area contributed by atoms with Gasteiger partial charge < -0.3 is 30.5 Å². The normalized spacial score (nSPS) is 26.5. The van der Waals surface area contributed by atoms with Gasteiger partial charge in [0.15, 0.2) is 0 Å². The van der Waals surface area contributed by atoms with Crippen molar-refractivity contribution >= 4 is 33.9 Å². The summed E-state index contributed by atoms with van der Waals surface area (Å²) in [6.07, 6.45) is 5.54. The maximum absolute atomic E-state index is 6.72. The molecule has 0 spiro atoms. The van der Waals surface area contributed by atoms with Gasteiger partial charge in [0.05, 0.1) is 17.3 Å². The molecule has 40 heavy (non-hydrogen) atoms. The third-order valence-corrected chi connectivity index (χ3v) is 9.89. The molecule has 0 aliphatic carbocycles. The van der Waals surface area contributed by atoms with Crippen LogP contribution in [0.5, 0.6) is 6.01 Å². The van der Waals surface area contributed by atoms with Crippen LogP contribution in [0.3, 0.4) is 0 Å². The van der Waals surface area contributed by atoms with Crippen molar-refractivity contribution in [3.63, 3.8) is 0 Å². The minimum Gasteiger partial charge on any atom is -0.462 e. The Bertz CT molecular complexity index is 1380. The van der Waals surface area contributed by atoms with E-state index in [1.54, 1.807) is 0 Å². The Balaban J connectivity index is 1.22. The van der Waals surface area contributed by atoms with E-state index in [1.807, 2.05) is 12.1 Å². The average molecular weight is 562 g/mol. The molecule has 7 rings (SSSR count). The largest absolute Gasteiger partial charge is 0.462 e. The lowest BCUT2D eigenvalue weighted by Crippen LogP contribution is -2.53. The first kappa shape index (κ1) is 26.3. The van der Waals surface area contributed by atoms with Crippen LogP contribution in [0.2, 0.25) is 5.02 Å². The second kappa shape index (κ2) is 11.0. The number of rotatable bonds is 7. The summed E-state index contributed by atoms with van der Waals surface area (Å²) >= 11 is 6.72. The molecule has 0 unspecified atom stereocenters. The second-order valence-electron chi connectivity index (χ2n) is 12.1. The van der Waals surface area contributed by atoms with Crippen molar-refractivity contribution < 1.29 is 4.74 Å². The Morgan fingerprint density at radius 3 is 2.80 bits per heavy atom. The molecule has 3 saturated heterocycles. The van der Waals surface area contributed by atoms with Crippen LogP contribution in [-0.2, 0) is 13.0 Å². The number of hydrogen-bond acceptors (Lipinski definition) is 8. The van der Waals surface area contributed by atoms with Crippen molar-refractivity contribution in [2.75, 3.05) is 56.2 Å². The molecule has 0 amide bonds. The molecule has 4 aliphatic rings. The summed E-state index contributed by atoms with van der Waals surface area (Å²) in [6, 6.07) is 14.4. The van der Waals surface area contributed by atoms with Crippen LogP contribution in [0, 0.1) is 5.92 Å². The van der Waals surface area contributed by atoms with Gasteiger partial charge in [-0.05, 0) is 75.7 Å². The number of benzene rings is 2. The highest BCUT2D eigenvalue weighted by molar-refractivity contribution is 6.36. The smallest absolute Gasteiger partial charge is 0.318 e. The van der Waals surface area contributed by atoms with E-state index in [4.69, 9.17) is 32.0 Å². The average Bonchev–Trinajstić information content (AvgIpc) is 3.51. The number of aromatic nitrogens is 2. The molecular formula is C31H40ClN7O. The fraction of sp³-hybridized carbons (Fsp3) is 0.548. The summed E-state index contributed by atoms with van der Waals surface area (Å²) in [5.41, 5.74) is 9.45. The van der Waals surface area contributed by atoms with Crippen molar-refractivity contribution in [2.24, 2.45) is 11.7 Å². The van der Waals surface area contributed by atoms with E-state index in [0.29, 0.717) is 43.2 Å². The van der Waals surface area contributed by atoms with Crippen LogP contribution in [0.25, 0.3) is 10.8 Å². The predicted octanol–water partition coefficient (Wildman–Crippen LogP) is 3.83. The molecule has 4 atom stereocenters. The number of fused-ring (bicyclic) bond motifs is 4. The monoisotopic (exact) mass is 561 g/mol. The Hall–Kier alpha value is -2.65. The van der Waals surface area contributed by atoms with Crippen molar-refractivity contribution in [3.8, 4) is 6.01 Å². The number of likely N-dealkylation sites (N-methyl/N-ethyl adjacent to an activating group) is 1. The molecule has 212 valence electrons. The summed E-state index contributed by atoms with van der Waals surface area (Å²) in [7, 11) is 2.18. The highest BCUT2D eigenvalue weighted by Gasteiger charge is 2.40. The zero-order valence-electron chi connectivity index (χ0n) is 23.4. The number of anilines is 2. The molecule has 8 nitrogen and oxygen atoms in total. The summed E-state index contributed by atoms with van der Waals surface area (Å²) in [5, 5.41) is 6.89. The van der Waals surface area contributed by atoms with Gasteiger partial charge in [0.25, 0.3) is 0 Å². The van der Waals surface area contributed by atoms with Gasteiger partial charge in [-0.15, -0.1) is 0 Å². The number of nitrogens with zero attached hydrogens (tertiary/aromatic N) is 5. The minimum absolute atomic E-state index is 0.421. The third-order valence-electron chi connectivity index (χ3n) is 9.57. The summed E-state index contributed by atoms with van der Waals surface area (Å²) < 4.78 is 6.35. The Kier molecular flexibility index (Phi) is 7.20. The molecule has 9 heteroatoms. The van der Waals surface area contributed by atoms with E-state index >= 15 is 0 Å². The SMILES string of the molecule is CN1CCC[C@H]1COc1nc2c(c(N3C[C@H]4C[C@@H](CCN)[C@@H](C3)N4)n1)CCN(c1cccc3cccc(Cl)c13)C2. The van der Waals surface area contributed by atoms with Crippen molar-refractivity contribution in [3.05, 3.63) is 52.7 Å². The summed E-state index contributed by atoms with van der Waals surface area (Å²) in [6.45, 7) is 6.04. The maximum Gasteiger partial charge on any atom is 0.318 e. The van der Waals surface area contributed by atoms with Crippen molar-refractivity contribution in [1.82, 2.24) is 20.2 Å². The van der Waals surface area contributed by atoms with E-state index in [0.717, 1.165) is 85.0 Å². The number of hydrogen-bond donors (Lipinski definition) is 2. The van der Waals surface area contributed by atoms with Crippen LogP contribution in [0.15, 0.2) is 36.4 Å².